The predicted molar refractivity (Wildman–Crippen MR) is 107 cm³/mol. The Balaban J connectivity index is 1.81. The fourth-order valence-electron chi connectivity index (χ4n) is 2.85. The van der Waals surface area contributed by atoms with Crippen LogP contribution in [0, 0.1) is 0 Å². The molecule has 2 aromatic carbocycles. The standard InChI is InChI=1S/C19H18N2O4S2/c1-23-13-5-3-4-12(8-13)18(22)20-19-21(6-7-26-2)14-9-15-16(25-11-24-15)10-17(14)27-19/h3-5,8-10H,6-7,11H2,1-2H3. The Hall–Kier alpha value is -2.45. The van der Waals surface area contributed by atoms with E-state index in [9.17, 15) is 4.79 Å². The summed E-state index contributed by atoms with van der Waals surface area (Å²) in [6.07, 6.45) is 2.06. The first-order chi connectivity index (χ1) is 13.2. The number of rotatable bonds is 5. The Morgan fingerprint density at radius 3 is 2.89 bits per heavy atom. The maximum atomic E-state index is 12.7. The molecule has 6 nitrogen and oxygen atoms in total. The number of benzene rings is 2. The Morgan fingerprint density at radius 2 is 2.11 bits per heavy atom. The molecule has 0 N–H and O–H groups in total. The van der Waals surface area contributed by atoms with E-state index in [-0.39, 0.29) is 12.7 Å². The molecule has 1 amide bonds. The molecule has 0 unspecified atom stereocenters. The van der Waals surface area contributed by atoms with Gasteiger partial charge in [-0.2, -0.15) is 16.8 Å². The van der Waals surface area contributed by atoms with Crippen molar-refractivity contribution in [2.24, 2.45) is 4.99 Å². The van der Waals surface area contributed by atoms with Crippen LogP contribution in [0.1, 0.15) is 10.4 Å². The quantitative estimate of drug-likeness (QED) is 0.653. The van der Waals surface area contributed by atoms with E-state index in [1.165, 1.54) is 11.3 Å². The Labute approximate surface area is 164 Å². The molecule has 8 heteroatoms. The molecule has 2 heterocycles. The van der Waals surface area contributed by atoms with Crippen molar-refractivity contribution in [1.82, 2.24) is 4.57 Å². The molecule has 4 rings (SSSR count). The lowest BCUT2D eigenvalue weighted by Crippen LogP contribution is -2.18. The lowest BCUT2D eigenvalue weighted by molar-refractivity contribution is 0.0997. The second-order valence-electron chi connectivity index (χ2n) is 5.85. The average molecular weight is 402 g/mol. The molecule has 1 aliphatic heterocycles. The Kier molecular flexibility index (Phi) is 5.09. The van der Waals surface area contributed by atoms with Gasteiger partial charge >= 0.3 is 0 Å². The second kappa shape index (κ2) is 7.66. The minimum Gasteiger partial charge on any atom is -0.497 e. The number of hydrogen-bond acceptors (Lipinski definition) is 6. The van der Waals surface area contributed by atoms with Gasteiger partial charge in [-0.05, 0) is 24.5 Å². The Morgan fingerprint density at radius 1 is 1.30 bits per heavy atom. The molecule has 0 atom stereocenters. The van der Waals surface area contributed by atoms with Gasteiger partial charge in [0.05, 0.1) is 17.3 Å². The maximum absolute atomic E-state index is 12.7. The molecular weight excluding hydrogens is 384 g/mol. The van der Waals surface area contributed by atoms with Gasteiger partial charge < -0.3 is 18.8 Å². The maximum Gasteiger partial charge on any atom is 0.279 e. The van der Waals surface area contributed by atoms with Gasteiger partial charge in [-0.15, -0.1) is 0 Å². The average Bonchev–Trinajstić information content (AvgIpc) is 3.27. The van der Waals surface area contributed by atoms with Gasteiger partial charge in [0, 0.05) is 30.0 Å². The number of aromatic nitrogens is 1. The minimum atomic E-state index is -0.293. The smallest absolute Gasteiger partial charge is 0.279 e. The summed E-state index contributed by atoms with van der Waals surface area (Å²) in [7, 11) is 1.58. The molecule has 140 valence electrons. The number of ether oxygens (including phenoxy) is 3. The lowest BCUT2D eigenvalue weighted by atomic mass is 10.2. The molecule has 0 saturated carbocycles. The third-order valence-corrected chi connectivity index (χ3v) is 5.84. The molecule has 1 aromatic heterocycles. The van der Waals surface area contributed by atoms with Crippen LogP contribution in [0.25, 0.3) is 10.2 Å². The van der Waals surface area contributed by atoms with Crippen LogP contribution in [0.15, 0.2) is 41.4 Å². The highest BCUT2D eigenvalue weighted by Gasteiger charge is 2.18. The first-order valence-electron chi connectivity index (χ1n) is 8.34. The van der Waals surface area contributed by atoms with Crippen molar-refractivity contribution in [3.63, 3.8) is 0 Å². The summed E-state index contributed by atoms with van der Waals surface area (Å²) in [5.74, 6) is 2.71. The summed E-state index contributed by atoms with van der Waals surface area (Å²) >= 11 is 3.22. The van der Waals surface area contributed by atoms with E-state index >= 15 is 0 Å². The van der Waals surface area contributed by atoms with Gasteiger partial charge in [0.1, 0.15) is 5.75 Å². The normalized spacial score (nSPS) is 13.3. The van der Waals surface area contributed by atoms with Crippen LogP contribution in [-0.4, -0.2) is 36.4 Å². The molecule has 0 radical (unpaired) electrons. The monoisotopic (exact) mass is 402 g/mol. The van der Waals surface area contributed by atoms with E-state index in [0.717, 1.165) is 34.0 Å². The van der Waals surface area contributed by atoms with Crippen molar-refractivity contribution < 1.29 is 19.0 Å². The van der Waals surface area contributed by atoms with Crippen LogP contribution < -0.4 is 19.0 Å². The Bertz CT molecular complexity index is 1070. The third-order valence-electron chi connectivity index (χ3n) is 4.21. The van der Waals surface area contributed by atoms with Crippen LogP contribution in [0.2, 0.25) is 0 Å². The molecule has 0 saturated heterocycles. The minimum absolute atomic E-state index is 0.239. The fraction of sp³-hybridized carbons (Fsp3) is 0.263. The van der Waals surface area contributed by atoms with Gasteiger partial charge in [0.2, 0.25) is 6.79 Å². The molecule has 0 fully saturated rings. The number of fused-ring (bicyclic) bond motifs is 2. The highest BCUT2D eigenvalue weighted by Crippen LogP contribution is 2.37. The zero-order valence-electron chi connectivity index (χ0n) is 14.9. The van der Waals surface area contributed by atoms with Crippen molar-refractivity contribution in [2.75, 3.05) is 25.9 Å². The number of carbonyl (C=O) groups excluding carboxylic acids is 1. The van der Waals surface area contributed by atoms with E-state index < -0.39 is 0 Å². The van der Waals surface area contributed by atoms with E-state index in [0.29, 0.717) is 16.1 Å². The number of nitrogens with zero attached hydrogens (tertiary/aromatic N) is 2. The highest BCUT2D eigenvalue weighted by molar-refractivity contribution is 7.98. The summed E-state index contributed by atoms with van der Waals surface area (Å²) in [6.45, 7) is 0.994. The van der Waals surface area contributed by atoms with E-state index in [2.05, 4.69) is 15.8 Å². The SMILES string of the molecule is COc1cccc(C(=O)N=c2sc3cc4c(cc3n2CCSC)OCO4)c1. The van der Waals surface area contributed by atoms with Gasteiger partial charge in [-0.1, -0.05) is 17.4 Å². The first-order valence-corrected chi connectivity index (χ1v) is 10.6. The zero-order chi connectivity index (χ0) is 18.8. The molecular formula is C19H18N2O4S2. The van der Waals surface area contributed by atoms with Crippen molar-refractivity contribution in [2.45, 2.75) is 6.54 Å². The van der Waals surface area contributed by atoms with Crippen molar-refractivity contribution >= 4 is 39.2 Å². The number of aryl methyl sites for hydroxylation is 1. The molecule has 1 aliphatic rings. The fourth-order valence-corrected chi connectivity index (χ4v) is 4.28. The summed E-state index contributed by atoms with van der Waals surface area (Å²) in [5.41, 5.74) is 1.49. The summed E-state index contributed by atoms with van der Waals surface area (Å²) in [4.78, 5) is 17.8. The van der Waals surface area contributed by atoms with Crippen LogP contribution in [-0.2, 0) is 6.54 Å². The summed E-state index contributed by atoms with van der Waals surface area (Å²) in [5, 5.41) is 0. The number of hydrogen-bond donors (Lipinski definition) is 0. The second-order valence-corrected chi connectivity index (χ2v) is 7.85. The number of thiazole rings is 1. The van der Waals surface area contributed by atoms with Gasteiger partial charge in [-0.3, -0.25) is 4.79 Å². The zero-order valence-corrected chi connectivity index (χ0v) is 16.6. The first kappa shape index (κ1) is 17.9. The van der Waals surface area contributed by atoms with Gasteiger partial charge in [0.15, 0.2) is 16.3 Å². The topological polar surface area (TPSA) is 62.0 Å². The van der Waals surface area contributed by atoms with Gasteiger partial charge in [0.25, 0.3) is 5.91 Å². The van der Waals surface area contributed by atoms with Crippen LogP contribution in [0.5, 0.6) is 17.2 Å². The third kappa shape index (κ3) is 3.54. The molecule has 0 spiro atoms. The van der Waals surface area contributed by atoms with E-state index in [1.54, 1.807) is 43.1 Å². The largest absolute Gasteiger partial charge is 0.497 e. The van der Waals surface area contributed by atoms with Crippen LogP contribution in [0.3, 0.4) is 0 Å². The van der Waals surface area contributed by atoms with Crippen molar-refractivity contribution in [1.29, 1.82) is 0 Å². The number of amides is 1. The molecule has 27 heavy (non-hydrogen) atoms. The molecule has 3 aromatic rings. The van der Waals surface area contributed by atoms with Crippen molar-refractivity contribution in [3.05, 3.63) is 46.8 Å². The van der Waals surface area contributed by atoms with E-state index in [4.69, 9.17) is 14.2 Å². The highest BCUT2D eigenvalue weighted by atomic mass is 32.2. The van der Waals surface area contributed by atoms with Crippen molar-refractivity contribution in [3.8, 4) is 17.2 Å². The lowest BCUT2D eigenvalue weighted by Gasteiger charge is -2.05. The van der Waals surface area contributed by atoms with Crippen LogP contribution >= 0.6 is 23.1 Å². The summed E-state index contributed by atoms with van der Waals surface area (Å²) in [6, 6.07) is 10.9. The molecule has 0 aliphatic carbocycles. The number of carbonyl (C=O) groups is 1. The predicted octanol–water partition coefficient (Wildman–Crippen LogP) is 3.54. The molecule has 0 bridgehead atoms. The van der Waals surface area contributed by atoms with E-state index in [1.807, 2.05) is 12.1 Å². The van der Waals surface area contributed by atoms with Crippen LogP contribution in [0.4, 0.5) is 0 Å². The van der Waals surface area contributed by atoms with Gasteiger partial charge in [-0.25, -0.2) is 0 Å². The number of thioether (sulfide) groups is 1. The summed E-state index contributed by atoms with van der Waals surface area (Å²) < 4.78 is 19.3. The number of methoxy groups -OCH3 is 1.